The van der Waals surface area contributed by atoms with Crippen molar-refractivity contribution >= 4 is 28.3 Å². The maximum Gasteiger partial charge on any atom is 0.162 e. The second kappa shape index (κ2) is 6.01. The van der Waals surface area contributed by atoms with Gasteiger partial charge in [-0.15, -0.1) is 5.43 Å². The maximum atomic E-state index is 10.8. The average molecular weight is 396 g/mol. The van der Waals surface area contributed by atoms with E-state index in [-0.39, 0.29) is 5.41 Å². The van der Waals surface area contributed by atoms with Crippen LogP contribution in [0, 0.1) is 20.6 Å². The van der Waals surface area contributed by atoms with E-state index in [1.807, 2.05) is 31.2 Å². The lowest BCUT2D eigenvalue weighted by molar-refractivity contribution is -0.445. The minimum Gasteiger partial charge on any atom is -0.235 e. The number of halogens is 1. The fourth-order valence-corrected chi connectivity index (χ4v) is 2.76. The standard InChI is InChI=1S/C16H17IN2O2/c1-11-9-13(10-14(15(11)17)18-19(20)21)16(2,3)12-7-5-4-6-8-12/h4-10,18H,1-3H3. The van der Waals surface area contributed by atoms with Gasteiger partial charge in [0.1, 0.15) is 5.69 Å². The molecule has 0 saturated carbocycles. The van der Waals surface area contributed by atoms with Crippen molar-refractivity contribution in [3.8, 4) is 0 Å². The van der Waals surface area contributed by atoms with E-state index in [0.717, 1.165) is 14.7 Å². The molecule has 2 rings (SSSR count). The SMILES string of the molecule is Cc1cc(C(C)(C)c2ccccc2)cc(N[N+](=O)[O-])c1I. The smallest absolute Gasteiger partial charge is 0.162 e. The largest absolute Gasteiger partial charge is 0.235 e. The van der Waals surface area contributed by atoms with Crippen molar-refractivity contribution in [3.05, 3.63) is 72.8 Å². The molecule has 0 unspecified atom stereocenters. The number of nitro groups is 1. The predicted octanol–water partition coefficient (Wildman–Crippen LogP) is 4.53. The number of aryl methyl sites for hydroxylation is 1. The molecule has 0 bridgehead atoms. The number of anilines is 1. The summed E-state index contributed by atoms with van der Waals surface area (Å²) in [6, 6.07) is 14.1. The number of benzene rings is 2. The van der Waals surface area contributed by atoms with Gasteiger partial charge in [-0.2, -0.15) is 0 Å². The van der Waals surface area contributed by atoms with Crippen LogP contribution in [0.15, 0.2) is 42.5 Å². The Hall–Kier alpha value is -1.63. The number of hydrogen-bond donors (Lipinski definition) is 1. The van der Waals surface area contributed by atoms with Crippen molar-refractivity contribution in [2.24, 2.45) is 0 Å². The van der Waals surface area contributed by atoms with Crippen molar-refractivity contribution in [1.82, 2.24) is 0 Å². The van der Waals surface area contributed by atoms with Gasteiger partial charge in [0.25, 0.3) is 0 Å². The van der Waals surface area contributed by atoms with Crippen LogP contribution < -0.4 is 5.43 Å². The molecule has 0 spiro atoms. The van der Waals surface area contributed by atoms with Gasteiger partial charge in [-0.3, -0.25) is 0 Å². The number of nitrogens with zero attached hydrogens (tertiary/aromatic N) is 1. The summed E-state index contributed by atoms with van der Waals surface area (Å²) in [7, 11) is 0. The Bertz CT molecular complexity index is 669. The molecule has 0 heterocycles. The number of hydrazine groups is 1. The highest BCUT2D eigenvalue weighted by molar-refractivity contribution is 14.1. The minimum atomic E-state index is -0.518. The molecule has 0 saturated heterocycles. The molecule has 21 heavy (non-hydrogen) atoms. The lowest BCUT2D eigenvalue weighted by Gasteiger charge is -2.27. The van der Waals surface area contributed by atoms with E-state index in [9.17, 15) is 10.1 Å². The van der Waals surface area contributed by atoms with Gasteiger partial charge in [-0.25, -0.2) is 10.1 Å². The highest BCUT2D eigenvalue weighted by Gasteiger charge is 2.25. The molecular formula is C16H17IN2O2. The van der Waals surface area contributed by atoms with Crippen LogP contribution in [0.1, 0.15) is 30.5 Å². The van der Waals surface area contributed by atoms with E-state index < -0.39 is 5.03 Å². The molecule has 2 aromatic carbocycles. The monoisotopic (exact) mass is 396 g/mol. The average Bonchev–Trinajstić information content (AvgIpc) is 2.44. The summed E-state index contributed by atoms with van der Waals surface area (Å²) in [6.45, 7) is 6.22. The molecule has 110 valence electrons. The Morgan fingerprint density at radius 2 is 1.76 bits per heavy atom. The topological polar surface area (TPSA) is 55.2 Å². The van der Waals surface area contributed by atoms with Crippen LogP contribution in [0.25, 0.3) is 0 Å². The third kappa shape index (κ3) is 3.34. The van der Waals surface area contributed by atoms with Gasteiger partial charge in [0.15, 0.2) is 5.03 Å². The van der Waals surface area contributed by atoms with Gasteiger partial charge in [0, 0.05) is 8.99 Å². The number of rotatable bonds is 4. The molecule has 0 aliphatic rings. The van der Waals surface area contributed by atoms with Crippen molar-refractivity contribution in [1.29, 1.82) is 0 Å². The third-order valence-electron chi connectivity index (χ3n) is 3.68. The number of nitrogens with one attached hydrogen (secondary N) is 1. The van der Waals surface area contributed by atoms with Crippen LogP contribution in [-0.4, -0.2) is 5.03 Å². The molecule has 0 fully saturated rings. The summed E-state index contributed by atoms with van der Waals surface area (Å²) in [4.78, 5) is 10.8. The molecule has 0 amide bonds. The summed E-state index contributed by atoms with van der Waals surface area (Å²) in [5.74, 6) is 0. The third-order valence-corrected chi connectivity index (χ3v) is 5.12. The van der Waals surface area contributed by atoms with Crippen molar-refractivity contribution < 1.29 is 5.03 Å². The normalized spacial score (nSPS) is 11.2. The van der Waals surface area contributed by atoms with Crippen molar-refractivity contribution in [2.45, 2.75) is 26.2 Å². The molecule has 0 aliphatic heterocycles. The second-order valence-electron chi connectivity index (χ2n) is 5.51. The first-order chi connectivity index (χ1) is 9.82. The highest BCUT2D eigenvalue weighted by Crippen LogP contribution is 2.35. The van der Waals surface area contributed by atoms with Crippen LogP contribution in [0.3, 0.4) is 0 Å². The fourth-order valence-electron chi connectivity index (χ4n) is 2.33. The molecule has 0 atom stereocenters. The lowest BCUT2D eigenvalue weighted by Crippen LogP contribution is -2.20. The van der Waals surface area contributed by atoms with Crippen LogP contribution >= 0.6 is 22.6 Å². The van der Waals surface area contributed by atoms with Crippen molar-refractivity contribution in [3.63, 3.8) is 0 Å². The first-order valence-electron chi connectivity index (χ1n) is 6.59. The molecule has 1 N–H and O–H groups in total. The summed E-state index contributed by atoms with van der Waals surface area (Å²) >= 11 is 2.13. The summed E-state index contributed by atoms with van der Waals surface area (Å²) in [5.41, 5.74) is 5.87. The lowest BCUT2D eigenvalue weighted by atomic mass is 9.77. The molecule has 0 aliphatic carbocycles. The zero-order valence-electron chi connectivity index (χ0n) is 12.2. The molecular weight excluding hydrogens is 379 g/mol. The first-order valence-corrected chi connectivity index (χ1v) is 7.67. The predicted molar refractivity (Wildman–Crippen MR) is 93.1 cm³/mol. The van der Waals surface area contributed by atoms with Crippen LogP contribution in [0.5, 0.6) is 0 Å². The van der Waals surface area contributed by atoms with E-state index in [1.165, 1.54) is 5.56 Å². The van der Waals surface area contributed by atoms with Gasteiger partial charge in [0.2, 0.25) is 0 Å². The Balaban J connectivity index is 2.53. The van der Waals surface area contributed by atoms with Crippen LogP contribution in [-0.2, 0) is 5.41 Å². The second-order valence-corrected chi connectivity index (χ2v) is 6.59. The van der Waals surface area contributed by atoms with Gasteiger partial charge in [-0.05, 0) is 52.3 Å². The van der Waals surface area contributed by atoms with E-state index in [4.69, 9.17) is 0 Å². The summed E-state index contributed by atoms with van der Waals surface area (Å²) in [5, 5.41) is 10.2. The zero-order chi connectivity index (χ0) is 15.6. The molecule has 5 heteroatoms. The van der Waals surface area contributed by atoms with Crippen LogP contribution in [0.4, 0.5) is 5.69 Å². The minimum absolute atomic E-state index is 0.219. The zero-order valence-corrected chi connectivity index (χ0v) is 14.3. The fraction of sp³-hybridized carbons (Fsp3) is 0.250. The molecule has 4 nitrogen and oxygen atoms in total. The van der Waals surface area contributed by atoms with E-state index >= 15 is 0 Å². The Morgan fingerprint density at radius 1 is 1.14 bits per heavy atom. The van der Waals surface area contributed by atoms with E-state index in [1.54, 1.807) is 0 Å². The Kier molecular flexibility index (Phi) is 4.51. The summed E-state index contributed by atoms with van der Waals surface area (Å²) in [6.07, 6.45) is 0. The Morgan fingerprint density at radius 3 is 2.33 bits per heavy atom. The quantitative estimate of drug-likeness (QED) is 0.470. The highest BCUT2D eigenvalue weighted by atomic mass is 127. The Labute approximate surface area is 137 Å². The van der Waals surface area contributed by atoms with E-state index in [2.05, 4.69) is 60.1 Å². The molecule has 0 radical (unpaired) electrons. The van der Waals surface area contributed by atoms with Gasteiger partial charge in [0.05, 0.1) is 0 Å². The maximum absolute atomic E-state index is 10.8. The number of hydrogen-bond acceptors (Lipinski definition) is 2. The van der Waals surface area contributed by atoms with Gasteiger partial charge >= 0.3 is 0 Å². The van der Waals surface area contributed by atoms with E-state index in [0.29, 0.717) is 5.69 Å². The van der Waals surface area contributed by atoms with Crippen molar-refractivity contribution in [2.75, 3.05) is 5.43 Å². The molecule has 2 aromatic rings. The van der Waals surface area contributed by atoms with Gasteiger partial charge < -0.3 is 0 Å². The summed E-state index contributed by atoms with van der Waals surface area (Å²) < 4.78 is 0.872. The van der Waals surface area contributed by atoms with Crippen LogP contribution in [0.2, 0.25) is 0 Å². The first kappa shape index (κ1) is 15.8. The molecule has 0 aromatic heterocycles. The van der Waals surface area contributed by atoms with Gasteiger partial charge in [-0.1, -0.05) is 50.2 Å².